The first-order chi connectivity index (χ1) is 15.1. The van der Waals surface area contributed by atoms with Crippen molar-refractivity contribution in [2.24, 2.45) is 0 Å². The molecule has 1 aliphatic rings. The summed E-state index contributed by atoms with van der Waals surface area (Å²) in [6, 6.07) is 11.0. The third-order valence-electron chi connectivity index (χ3n) is 5.28. The van der Waals surface area contributed by atoms with Gasteiger partial charge in [0, 0.05) is 16.7 Å². The van der Waals surface area contributed by atoms with Gasteiger partial charge in [0.2, 0.25) is 0 Å². The minimum absolute atomic E-state index is 0.532. The van der Waals surface area contributed by atoms with Crippen LogP contribution in [0, 0.1) is 13.8 Å². The van der Waals surface area contributed by atoms with Gasteiger partial charge in [-0.1, -0.05) is 24.3 Å². The quantitative estimate of drug-likeness (QED) is 0.567. The number of aromatic amines is 1. The Kier molecular flexibility index (Phi) is 5.29. The summed E-state index contributed by atoms with van der Waals surface area (Å²) in [5.41, 5.74) is -0.538. The molecule has 6 nitrogen and oxygen atoms in total. The van der Waals surface area contributed by atoms with Gasteiger partial charge in [-0.15, -0.1) is 0 Å². The molecule has 1 aliphatic heterocycles. The Morgan fingerprint density at radius 3 is 2.12 bits per heavy atom. The second kappa shape index (κ2) is 7.83. The number of halogens is 3. The summed E-state index contributed by atoms with van der Waals surface area (Å²) < 4.78 is 45.4. The smallest absolute Gasteiger partial charge is 0.431 e. The lowest BCUT2D eigenvalue weighted by atomic mass is 9.92. The van der Waals surface area contributed by atoms with Crippen molar-refractivity contribution in [2.45, 2.75) is 32.7 Å². The highest BCUT2D eigenvalue weighted by atomic mass is 19.4. The standard InChI is InChI=1S/C23H19F3N2O4/c1-11-3-5-14-17(7-11)32-18-8-12(2)4-6-15(18)19(14)27-21(30)16-9-13(10-29)20(23(24,25)26)28-22(16)31/h3-9,19,29H,10H2,1-2H3,(H,27,30)(H,28,31). The number of H-pyrrole nitrogens is 1. The van der Waals surface area contributed by atoms with E-state index in [1.54, 1.807) is 17.1 Å². The molecule has 0 spiro atoms. The van der Waals surface area contributed by atoms with Crippen LogP contribution in [0.15, 0.2) is 47.3 Å². The Balaban J connectivity index is 1.77. The van der Waals surface area contributed by atoms with Gasteiger partial charge in [0.15, 0.2) is 0 Å². The molecule has 0 radical (unpaired) electrons. The molecule has 0 aliphatic carbocycles. The van der Waals surface area contributed by atoms with E-state index in [9.17, 15) is 27.9 Å². The van der Waals surface area contributed by atoms with Crippen LogP contribution in [-0.2, 0) is 12.8 Å². The lowest BCUT2D eigenvalue weighted by molar-refractivity contribution is -0.142. The number of fused-ring (bicyclic) bond motifs is 2. The molecule has 32 heavy (non-hydrogen) atoms. The Morgan fingerprint density at radius 2 is 1.62 bits per heavy atom. The van der Waals surface area contributed by atoms with Gasteiger partial charge in [0.25, 0.3) is 11.5 Å². The lowest BCUT2D eigenvalue weighted by Crippen LogP contribution is -2.35. The molecule has 2 heterocycles. The summed E-state index contributed by atoms with van der Waals surface area (Å²) in [7, 11) is 0. The highest BCUT2D eigenvalue weighted by molar-refractivity contribution is 5.94. The molecule has 9 heteroatoms. The maximum Gasteiger partial charge on any atom is 0.431 e. The Bertz CT molecular complexity index is 1230. The summed E-state index contributed by atoms with van der Waals surface area (Å²) in [5.74, 6) is 0.191. The third-order valence-corrected chi connectivity index (χ3v) is 5.28. The van der Waals surface area contributed by atoms with Crippen molar-refractivity contribution < 1.29 is 27.8 Å². The van der Waals surface area contributed by atoms with Crippen molar-refractivity contribution >= 4 is 5.91 Å². The number of amides is 1. The van der Waals surface area contributed by atoms with Gasteiger partial charge in [0.05, 0.1) is 12.6 Å². The van der Waals surface area contributed by atoms with Crippen LogP contribution in [0.1, 0.15) is 49.9 Å². The van der Waals surface area contributed by atoms with E-state index < -0.39 is 47.1 Å². The second-order valence-electron chi connectivity index (χ2n) is 7.66. The van der Waals surface area contributed by atoms with Crippen LogP contribution >= 0.6 is 0 Å². The summed E-state index contributed by atoms with van der Waals surface area (Å²) in [5, 5.41) is 12.1. The van der Waals surface area contributed by atoms with Crippen LogP contribution < -0.4 is 15.6 Å². The molecular formula is C23H19F3N2O4. The molecule has 2 aromatic carbocycles. The van der Waals surface area contributed by atoms with Crippen molar-refractivity contribution in [1.29, 1.82) is 0 Å². The maximum atomic E-state index is 13.1. The van der Waals surface area contributed by atoms with Gasteiger partial charge in [-0.2, -0.15) is 13.2 Å². The van der Waals surface area contributed by atoms with Gasteiger partial charge in [0.1, 0.15) is 22.8 Å². The number of aliphatic hydroxyl groups excluding tert-OH is 1. The van der Waals surface area contributed by atoms with Crippen LogP contribution in [0.4, 0.5) is 13.2 Å². The maximum absolute atomic E-state index is 13.1. The molecule has 4 rings (SSSR count). The first-order valence-electron chi connectivity index (χ1n) is 9.72. The molecule has 0 fully saturated rings. The number of hydrogen-bond donors (Lipinski definition) is 3. The highest BCUT2D eigenvalue weighted by Crippen LogP contribution is 2.43. The van der Waals surface area contributed by atoms with Gasteiger partial charge >= 0.3 is 6.18 Å². The number of nitrogens with one attached hydrogen (secondary N) is 2. The molecule has 0 atom stereocenters. The van der Waals surface area contributed by atoms with Crippen molar-refractivity contribution in [3.63, 3.8) is 0 Å². The molecule has 166 valence electrons. The molecule has 3 aromatic rings. The fourth-order valence-corrected chi connectivity index (χ4v) is 3.71. The fraction of sp³-hybridized carbons (Fsp3) is 0.217. The first kappa shape index (κ1) is 21.6. The Hall–Kier alpha value is -3.59. The van der Waals surface area contributed by atoms with Crippen LogP contribution in [0.3, 0.4) is 0 Å². The predicted octanol–water partition coefficient (Wildman–Crippen LogP) is 4.13. The number of aliphatic hydroxyl groups is 1. The van der Waals surface area contributed by atoms with Gasteiger partial charge < -0.3 is 20.1 Å². The van der Waals surface area contributed by atoms with E-state index in [4.69, 9.17) is 4.74 Å². The van der Waals surface area contributed by atoms with Crippen LogP contribution in [0.5, 0.6) is 11.5 Å². The molecule has 1 aromatic heterocycles. The van der Waals surface area contributed by atoms with Crippen LogP contribution in [0.25, 0.3) is 0 Å². The molecule has 0 saturated carbocycles. The van der Waals surface area contributed by atoms with E-state index >= 15 is 0 Å². The minimum Gasteiger partial charge on any atom is -0.457 e. The number of ether oxygens (including phenoxy) is 1. The van der Waals surface area contributed by atoms with Crippen LogP contribution in [0.2, 0.25) is 0 Å². The normalized spacial score (nSPS) is 13.2. The summed E-state index contributed by atoms with van der Waals surface area (Å²) in [6.45, 7) is 2.79. The fourth-order valence-electron chi connectivity index (χ4n) is 3.71. The largest absolute Gasteiger partial charge is 0.457 e. The summed E-state index contributed by atoms with van der Waals surface area (Å²) in [6.07, 6.45) is -4.87. The average molecular weight is 444 g/mol. The first-order valence-corrected chi connectivity index (χ1v) is 9.72. The number of carbonyl (C=O) groups is 1. The van der Waals surface area contributed by atoms with Crippen molar-refractivity contribution in [3.8, 4) is 11.5 Å². The van der Waals surface area contributed by atoms with Crippen molar-refractivity contribution in [3.05, 3.63) is 91.9 Å². The highest BCUT2D eigenvalue weighted by Gasteiger charge is 2.36. The van der Waals surface area contributed by atoms with Crippen LogP contribution in [-0.4, -0.2) is 16.0 Å². The summed E-state index contributed by atoms with van der Waals surface area (Å²) >= 11 is 0. The number of hydrogen-bond acceptors (Lipinski definition) is 4. The Labute approximate surface area is 180 Å². The molecular weight excluding hydrogens is 425 g/mol. The van der Waals surface area contributed by atoms with E-state index in [1.165, 1.54) is 0 Å². The lowest BCUT2D eigenvalue weighted by Gasteiger charge is -2.29. The minimum atomic E-state index is -4.87. The second-order valence-corrected chi connectivity index (χ2v) is 7.66. The number of rotatable bonds is 3. The van der Waals surface area contributed by atoms with E-state index in [2.05, 4.69) is 5.32 Å². The number of pyridine rings is 1. The van der Waals surface area contributed by atoms with Gasteiger partial charge in [-0.25, -0.2) is 0 Å². The molecule has 0 bridgehead atoms. The van der Waals surface area contributed by atoms with E-state index in [-0.39, 0.29) is 0 Å². The van der Waals surface area contributed by atoms with E-state index in [0.717, 1.165) is 17.2 Å². The molecule has 0 saturated heterocycles. The van der Waals surface area contributed by atoms with E-state index in [0.29, 0.717) is 22.6 Å². The van der Waals surface area contributed by atoms with Gasteiger partial charge in [-0.05, 0) is 43.2 Å². The monoisotopic (exact) mass is 444 g/mol. The van der Waals surface area contributed by atoms with Gasteiger partial charge in [-0.3, -0.25) is 9.59 Å². The topological polar surface area (TPSA) is 91.4 Å². The zero-order valence-corrected chi connectivity index (χ0v) is 17.1. The predicted molar refractivity (Wildman–Crippen MR) is 110 cm³/mol. The zero-order chi connectivity index (χ0) is 23.2. The third kappa shape index (κ3) is 3.87. The molecule has 1 amide bonds. The van der Waals surface area contributed by atoms with Crippen molar-refractivity contribution in [1.82, 2.24) is 10.3 Å². The number of benzene rings is 2. The average Bonchev–Trinajstić information content (AvgIpc) is 2.72. The number of alkyl halides is 3. The van der Waals surface area contributed by atoms with E-state index in [1.807, 2.05) is 38.1 Å². The SMILES string of the molecule is Cc1ccc2c(c1)Oc1cc(C)ccc1C2NC(=O)c1cc(CO)c(C(F)(F)F)[nH]c1=O. The van der Waals surface area contributed by atoms with Crippen molar-refractivity contribution in [2.75, 3.05) is 0 Å². The molecule has 0 unspecified atom stereocenters. The number of carbonyl (C=O) groups excluding carboxylic acids is 1. The number of aryl methyl sites for hydroxylation is 2. The summed E-state index contributed by atoms with van der Waals surface area (Å²) in [4.78, 5) is 27.0. The Morgan fingerprint density at radius 1 is 1.06 bits per heavy atom. The zero-order valence-electron chi connectivity index (χ0n) is 17.1. The number of aromatic nitrogens is 1. The molecule has 3 N–H and O–H groups in total.